The van der Waals surface area contributed by atoms with Gasteiger partial charge in [0.15, 0.2) is 0 Å². The van der Waals surface area contributed by atoms with Crippen LogP contribution in [0.2, 0.25) is 25.7 Å². The predicted molar refractivity (Wildman–Crippen MR) is 134 cm³/mol. The van der Waals surface area contributed by atoms with Crippen molar-refractivity contribution in [2.75, 3.05) is 44.5 Å². The van der Waals surface area contributed by atoms with Gasteiger partial charge in [-0.1, -0.05) is 25.7 Å². The first-order valence-electron chi connectivity index (χ1n) is 12.0. The summed E-state index contributed by atoms with van der Waals surface area (Å²) in [7, 11) is -1.27. The van der Waals surface area contributed by atoms with E-state index in [1.54, 1.807) is 4.90 Å². The number of hydrogen-bond donors (Lipinski definition) is 1. The Morgan fingerprint density at radius 2 is 2.00 bits per heavy atom. The molecule has 190 valence electrons. The van der Waals surface area contributed by atoms with Gasteiger partial charge in [-0.15, -0.1) is 0 Å². The molecule has 0 aliphatic carbocycles. The number of benzene rings is 1. The topological polar surface area (TPSA) is 105 Å². The van der Waals surface area contributed by atoms with Gasteiger partial charge in [0.25, 0.3) is 0 Å². The van der Waals surface area contributed by atoms with Crippen LogP contribution < -0.4 is 4.90 Å². The fourth-order valence-electron chi connectivity index (χ4n) is 4.40. The Hall–Kier alpha value is -2.89. The first-order valence-corrected chi connectivity index (χ1v) is 15.7. The molecule has 1 aromatic carbocycles. The van der Waals surface area contributed by atoms with Crippen molar-refractivity contribution in [2.45, 2.75) is 44.8 Å². The Morgan fingerprint density at radius 1 is 1.20 bits per heavy atom. The predicted octanol–water partition coefficient (Wildman–Crippen LogP) is 3.49. The van der Waals surface area contributed by atoms with E-state index in [1.165, 1.54) is 9.80 Å². The van der Waals surface area contributed by atoms with Gasteiger partial charge < -0.3 is 24.0 Å². The van der Waals surface area contributed by atoms with Crippen molar-refractivity contribution in [3.8, 4) is 0 Å². The van der Waals surface area contributed by atoms with Crippen LogP contribution >= 0.6 is 0 Å². The number of urea groups is 1. The van der Waals surface area contributed by atoms with Crippen molar-refractivity contribution in [1.29, 1.82) is 0 Å². The molecule has 0 radical (unpaired) electrons. The summed E-state index contributed by atoms with van der Waals surface area (Å²) in [6, 6.07) is 8.27. The Morgan fingerprint density at radius 3 is 2.74 bits per heavy atom. The maximum atomic E-state index is 13.3. The number of hydrogen-bond acceptors (Lipinski definition) is 5. The minimum Gasteiger partial charge on any atom is -0.465 e. The lowest BCUT2D eigenvalue weighted by molar-refractivity contribution is -0.133. The largest absolute Gasteiger partial charge is 0.465 e. The number of anilines is 1. The Kier molecular flexibility index (Phi) is 7.48. The number of carbonyl (C=O) groups is 3. The van der Waals surface area contributed by atoms with E-state index in [2.05, 4.69) is 19.6 Å². The summed E-state index contributed by atoms with van der Waals surface area (Å²) in [5.74, 6) is -0.221. The van der Waals surface area contributed by atoms with E-state index >= 15 is 0 Å². The molecule has 0 bridgehead atoms. The summed E-state index contributed by atoms with van der Waals surface area (Å²) in [4.78, 5) is 41.3. The molecule has 0 spiro atoms. The van der Waals surface area contributed by atoms with E-state index in [4.69, 9.17) is 9.47 Å². The normalized spacial score (nSPS) is 19.6. The fraction of sp³-hybridized carbons (Fsp3) is 0.542. The molecule has 3 heterocycles. The number of rotatable bonds is 8. The van der Waals surface area contributed by atoms with E-state index in [9.17, 15) is 19.5 Å². The zero-order valence-corrected chi connectivity index (χ0v) is 21.6. The highest BCUT2D eigenvalue weighted by molar-refractivity contribution is 6.76. The number of ether oxygens (including phenoxy) is 2. The minimum absolute atomic E-state index is 0.0330. The van der Waals surface area contributed by atoms with Gasteiger partial charge in [-0.2, -0.15) is 0 Å². The fourth-order valence-corrected chi connectivity index (χ4v) is 5.16. The number of carboxylic acid groups (broad SMARTS) is 1. The third kappa shape index (κ3) is 5.85. The Balaban J connectivity index is 1.48. The second-order valence-electron chi connectivity index (χ2n) is 10.3. The zero-order chi connectivity index (χ0) is 25.2. The van der Waals surface area contributed by atoms with Crippen LogP contribution in [0.1, 0.15) is 6.42 Å². The maximum absolute atomic E-state index is 13.3. The molecular formula is C24H34N4O6Si. The summed E-state index contributed by atoms with van der Waals surface area (Å²) in [5.41, 5.74) is 1.66. The van der Waals surface area contributed by atoms with Crippen molar-refractivity contribution in [3.63, 3.8) is 0 Å². The highest BCUT2D eigenvalue weighted by atomic mass is 28.3. The molecule has 11 heteroatoms. The molecule has 2 aliphatic rings. The molecule has 35 heavy (non-hydrogen) atoms. The lowest BCUT2D eigenvalue weighted by Crippen LogP contribution is -2.53. The molecule has 2 saturated heterocycles. The highest BCUT2D eigenvalue weighted by Crippen LogP contribution is 2.31. The van der Waals surface area contributed by atoms with E-state index in [-0.39, 0.29) is 31.2 Å². The molecule has 0 unspecified atom stereocenters. The summed E-state index contributed by atoms with van der Waals surface area (Å²) < 4.78 is 13.5. The molecule has 1 aromatic heterocycles. The standard InChI is InChI=1S/C24H34N4O6Si/c1-35(2,3)14-13-33-17-28-22(29)8-10-27(23(28)30)21-6-4-5-20-19(21)7-9-25(20)15-18-16-26(24(31)32)11-12-34-18/h4-7,9,18H,8,10-17H2,1-3H3,(H,31,32)/t18-/m1/s1. The van der Waals surface area contributed by atoms with Gasteiger partial charge in [0.2, 0.25) is 5.91 Å². The first kappa shape index (κ1) is 25.2. The zero-order valence-electron chi connectivity index (χ0n) is 20.6. The molecule has 4 amide bonds. The third-order valence-corrected chi connectivity index (χ3v) is 8.12. The Bertz CT molecular complexity index is 1100. The summed E-state index contributed by atoms with van der Waals surface area (Å²) in [6.07, 6.45) is 0.970. The molecular weight excluding hydrogens is 468 g/mol. The first-order chi connectivity index (χ1) is 16.6. The van der Waals surface area contributed by atoms with Crippen LogP contribution in [-0.4, -0.2) is 91.3 Å². The van der Waals surface area contributed by atoms with E-state index < -0.39 is 14.2 Å². The van der Waals surface area contributed by atoms with Crippen molar-refractivity contribution in [1.82, 2.24) is 14.4 Å². The van der Waals surface area contributed by atoms with E-state index in [0.29, 0.717) is 39.4 Å². The van der Waals surface area contributed by atoms with Gasteiger partial charge in [0.1, 0.15) is 6.73 Å². The van der Waals surface area contributed by atoms with Crippen molar-refractivity contribution in [3.05, 3.63) is 30.5 Å². The molecule has 1 N–H and O–H groups in total. The molecule has 4 rings (SSSR count). The highest BCUT2D eigenvalue weighted by Gasteiger charge is 2.34. The smallest absolute Gasteiger partial charge is 0.407 e. The second-order valence-corrected chi connectivity index (χ2v) is 15.9. The van der Waals surface area contributed by atoms with Gasteiger partial charge in [-0.3, -0.25) is 9.69 Å². The molecule has 2 fully saturated rings. The van der Waals surface area contributed by atoms with Gasteiger partial charge in [-0.25, -0.2) is 14.5 Å². The summed E-state index contributed by atoms with van der Waals surface area (Å²) in [6.45, 7) is 9.13. The Labute approximate surface area is 206 Å². The van der Waals surface area contributed by atoms with Gasteiger partial charge in [-0.05, 0) is 24.2 Å². The third-order valence-electron chi connectivity index (χ3n) is 6.42. The van der Waals surface area contributed by atoms with E-state index in [0.717, 1.165) is 22.6 Å². The van der Waals surface area contributed by atoms with Gasteiger partial charge in [0.05, 0.1) is 37.0 Å². The molecule has 1 atom stereocenters. The average molecular weight is 503 g/mol. The van der Waals surface area contributed by atoms with Gasteiger partial charge in [0, 0.05) is 45.8 Å². The molecule has 2 aliphatic heterocycles. The van der Waals surface area contributed by atoms with Crippen molar-refractivity contribution >= 4 is 42.7 Å². The number of amides is 4. The molecule has 0 saturated carbocycles. The van der Waals surface area contributed by atoms with Crippen LogP contribution in [0.15, 0.2) is 30.5 Å². The van der Waals surface area contributed by atoms with Crippen molar-refractivity contribution < 1.29 is 29.0 Å². The molecule has 2 aromatic rings. The number of carbonyl (C=O) groups excluding carboxylic acids is 2. The van der Waals surface area contributed by atoms with Crippen LogP contribution in [0.4, 0.5) is 15.3 Å². The maximum Gasteiger partial charge on any atom is 0.407 e. The second kappa shape index (κ2) is 10.4. The number of fused-ring (bicyclic) bond motifs is 1. The van der Waals surface area contributed by atoms with Crippen LogP contribution in [0.3, 0.4) is 0 Å². The van der Waals surface area contributed by atoms with E-state index in [1.807, 2.05) is 35.0 Å². The monoisotopic (exact) mass is 502 g/mol. The van der Waals surface area contributed by atoms with Crippen LogP contribution in [0.25, 0.3) is 10.9 Å². The number of morpholine rings is 1. The van der Waals surface area contributed by atoms with Gasteiger partial charge >= 0.3 is 12.1 Å². The average Bonchev–Trinajstić information content (AvgIpc) is 3.21. The number of aromatic nitrogens is 1. The molecule has 10 nitrogen and oxygen atoms in total. The van der Waals surface area contributed by atoms with Crippen LogP contribution in [-0.2, 0) is 20.8 Å². The van der Waals surface area contributed by atoms with Crippen molar-refractivity contribution in [2.24, 2.45) is 0 Å². The lowest BCUT2D eigenvalue weighted by atomic mass is 10.1. The lowest BCUT2D eigenvalue weighted by Gasteiger charge is -2.34. The summed E-state index contributed by atoms with van der Waals surface area (Å²) >= 11 is 0. The quantitative estimate of drug-likeness (QED) is 0.438. The SMILES string of the molecule is C[Si](C)(C)CCOCN1C(=O)CCN(c2cccc3c2ccn3C[C@@H]2CN(C(=O)O)CCO2)C1=O. The number of imide groups is 1. The number of nitrogens with zero attached hydrogens (tertiary/aromatic N) is 4. The van der Waals surface area contributed by atoms with Crippen LogP contribution in [0, 0.1) is 0 Å². The minimum atomic E-state index is -1.27. The summed E-state index contributed by atoms with van der Waals surface area (Å²) in [5, 5.41) is 10.2. The van der Waals surface area contributed by atoms with Crippen LogP contribution in [0.5, 0.6) is 0 Å².